The Bertz CT molecular complexity index is 1120. The van der Waals surface area contributed by atoms with Crippen molar-refractivity contribution in [3.63, 3.8) is 0 Å². The number of nitrogens with one attached hydrogen (secondary N) is 2. The van der Waals surface area contributed by atoms with Crippen LogP contribution in [0.4, 0.5) is 11.6 Å². The topological polar surface area (TPSA) is 111 Å². The highest BCUT2D eigenvalue weighted by molar-refractivity contribution is 6.29. The van der Waals surface area contributed by atoms with Crippen LogP contribution in [0.5, 0.6) is 0 Å². The molecule has 0 radical (unpaired) electrons. The second-order valence-corrected chi connectivity index (χ2v) is 7.63. The third kappa shape index (κ3) is 5.00. The van der Waals surface area contributed by atoms with E-state index in [4.69, 9.17) is 16.3 Å². The van der Waals surface area contributed by atoms with Gasteiger partial charge in [-0.05, 0) is 37.5 Å². The van der Waals surface area contributed by atoms with Crippen molar-refractivity contribution >= 4 is 29.2 Å². The van der Waals surface area contributed by atoms with Crippen LogP contribution in [0.15, 0.2) is 53.8 Å². The zero-order valence-electron chi connectivity index (χ0n) is 16.8. The van der Waals surface area contributed by atoms with E-state index in [0.717, 1.165) is 25.1 Å². The third-order valence-electron chi connectivity index (χ3n) is 5.12. The van der Waals surface area contributed by atoms with E-state index in [1.54, 1.807) is 18.5 Å². The van der Waals surface area contributed by atoms with E-state index >= 15 is 0 Å². The molecule has 0 saturated heterocycles. The molecular formula is C21H21ClN6O3. The molecule has 1 aliphatic carbocycles. The summed E-state index contributed by atoms with van der Waals surface area (Å²) < 4.78 is 6.08. The van der Waals surface area contributed by atoms with E-state index < -0.39 is 5.97 Å². The van der Waals surface area contributed by atoms with E-state index in [-0.39, 0.29) is 17.6 Å². The number of ether oxygens (including phenoxy) is 1. The number of carbonyl (C=O) groups excluding carboxylic acids is 1. The Labute approximate surface area is 183 Å². The third-order valence-corrected chi connectivity index (χ3v) is 5.31. The molecule has 0 bridgehead atoms. The van der Waals surface area contributed by atoms with Crippen LogP contribution in [-0.2, 0) is 4.74 Å². The number of halogens is 1. The average molecular weight is 441 g/mol. The normalized spacial score (nSPS) is 17.9. The monoisotopic (exact) mass is 440 g/mol. The van der Waals surface area contributed by atoms with Gasteiger partial charge in [0.2, 0.25) is 0 Å². The smallest absolute Gasteiger partial charge is 0.339 e. The summed E-state index contributed by atoms with van der Waals surface area (Å²) in [5.41, 5.74) is 0.595. The van der Waals surface area contributed by atoms with E-state index in [9.17, 15) is 9.59 Å². The van der Waals surface area contributed by atoms with Gasteiger partial charge >= 0.3 is 5.97 Å². The zero-order valence-corrected chi connectivity index (χ0v) is 17.5. The molecule has 0 aliphatic heterocycles. The first-order valence-electron chi connectivity index (χ1n) is 9.80. The second-order valence-electron chi connectivity index (χ2n) is 7.24. The highest BCUT2D eigenvalue weighted by Gasteiger charge is 2.25. The van der Waals surface area contributed by atoms with Crippen molar-refractivity contribution in [2.75, 3.05) is 17.7 Å². The van der Waals surface area contributed by atoms with E-state index in [2.05, 4.69) is 25.6 Å². The fourth-order valence-electron chi connectivity index (χ4n) is 3.59. The molecule has 1 saturated carbocycles. The summed E-state index contributed by atoms with van der Waals surface area (Å²) in [4.78, 5) is 36.6. The highest BCUT2D eigenvalue weighted by Crippen LogP contribution is 2.25. The summed E-state index contributed by atoms with van der Waals surface area (Å²) in [5.74, 6) is 0.920. The Kier molecular flexibility index (Phi) is 6.13. The van der Waals surface area contributed by atoms with Crippen molar-refractivity contribution in [2.24, 2.45) is 0 Å². The maximum Gasteiger partial charge on any atom is 0.339 e. The summed E-state index contributed by atoms with van der Waals surface area (Å²) in [6.45, 7) is 0. The summed E-state index contributed by atoms with van der Waals surface area (Å²) >= 11 is 5.77. The van der Waals surface area contributed by atoms with Gasteiger partial charge < -0.3 is 15.4 Å². The second kappa shape index (κ2) is 9.13. The Morgan fingerprint density at radius 3 is 2.42 bits per heavy atom. The average Bonchev–Trinajstić information content (AvgIpc) is 3.22. The molecule has 31 heavy (non-hydrogen) atoms. The fraction of sp³-hybridized carbons (Fsp3) is 0.286. The molecule has 3 aromatic rings. The molecule has 1 aliphatic rings. The van der Waals surface area contributed by atoms with Crippen molar-refractivity contribution in [2.45, 2.75) is 31.3 Å². The summed E-state index contributed by atoms with van der Waals surface area (Å²) in [5, 5.41) is 7.17. The van der Waals surface area contributed by atoms with Gasteiger partial charge in [-0.2, -0.15) is 0 Å². The molecule has 0 unspecified atom stereocenters. The van der Waals surface area contributed by atoms with E-state index in [0.29, 0.717) is 22.2 Å². The first kappa shape index (κ1) is 20.8. The van der Waals surface area contributed by atoms with Crippen molar-refractivity contribution in [1.29, 1.82) is 0 Å². The van der Waals surface area contributed by atoms with Crippen LogP contribution in [0.25, 0.3) is 5.69 Å². The zero-order chi connectivity index (χ0) is 21.8. The number of anilines is 2. The Morgan fingerprint density at radius 2 is 1.77 bits per heavy atom. The van der Waals surface area contributed by atoms with Crippen LogP contribution in [0.1, 0.15) is 29.6 Å². The lowest BCUT2D eigenvalue weighted by atomic mass is 10.2. The minimum atomic E-state index is -0.506. The van der Waals surface area contributed by atoms with Crippen LogP contribution in [0.3, 0.4) is 0 Å². The molecule has 0 spiro atoms. The molecule has 1 fully saturated rings. The first-order chi connectivity index (χ1) is 15.0. The number of methoxy groups -OCH3 is 1. The summed E-state index contributed by atoms with van der Waals surface area (Å²) in [6.07, 6.45) is 9.09. The van der Waals surface area contributed by atoms with Crippen LogP contribution in [0.2, 0.25) is 5.15 Å². The van der Waals surface area contributed by atoms with Gasteiger partial charge in [-0.25, -0.2) is 19.7 Å². The molecule has 10 heteroatoms. The van der Waals surface area contributed by atoms with Gasteiger partial charge in [0, 0.05) is 24.3 Å². The van der Waals surface area contributed by atoms with E-state index in [1.165, 1.54) is 36.2 Å². The SMILES string of the molecule is COC(=O)c1ccc(=O)n(-c2ccc(N[C@H]3CC[C@H](Nc4cnc(Cl)cn4)C3)nc2)c1. The van der Waals surface area contributed by atoms with Crippen LogP contribution in [0, 0.1) is 0 Å². The minimum absolute atomic E-state index is 0.259. The lowest BCUT2D eigenvalue weighted by Crippen LogP contribution is -2.22. The van der Waals surface area contributed by atoms with Gasteiger partial charge in [0.15, 0.2) is 0 Å². The molecule has 0 aromatic carbocycles. The molecule has 9 nitrogen and oxygen atoms in total. The van der Waals surface area contributed by atoms with Crippen LogP contribution in [-0.4, -0.2) is 44.7 Å². The highest BCUT2D eigenvalue weighted by atomic mass is 35.5. The molecular weight excluding hydrogens is 420 g/mol. The van der Waals surface area contributed by atoms with Gasteiger partial charge in [-0.3, -0.25) is 9.36 Å². The van der Waals surface area contributed by atoms with Crippen molar-refractivity contribution in [3.05, 3.63) is 70.1 Å². The molecule has 160 valence electrons. The Morgan fingerprint density at radius 1 is 1.03 bits per heavy atom. The van der Waals surface area contributed by atoms with Gasteiger partial charge in [0.1, 0.15) is 16.8 Å². The molecule has 3 heterocycles. The number of nitrogens with zero attached hydrogens (tertiary/aromatic N) is 4. The number of hydrogen-bond donors (Lipinski definition) is 2. The quantitative estimate of drug-likeness (QED) is 0.563. The maximum atomic E-state index is 12.2. The first-order valence-corrected chi connectivity index (χ1v) is 10.2. The predicted molar refractivity (Wildman–Crippen MR) is 117 cm³/mol. The number of rotatable bonds is 6. The summed E-state index contributed by atoms with van der Waals surface area (Å²) in [6, 6.07) is 6.92. The van der Waals surface area contributed by atoms with Gasteiger partial charge in [0.05, 0.1) is 37.0 Å². The molecule has 4 rings (SSSR count). The Balaban J connectivity index is 1.39. The Hall–Kier alpha value is -3.46. The lowest BCUT2D eigenvalue weighted by Gasteiger charge is -2.16. The van der Waals surface area contributed by atoms with Gasteiger partial charge in [-0.15, -0.1) is 0 Å². The fourth-order valence-corrected chi connectivity index (χ4v) is 3.69. The number of esters is 1. The number of aromatic nitrogens is 4. The number of pyridine rings is 2. The van der Waals surface area contributed by atoms with E-state index in [1.807, 2.05) is 6.07 Å². The van der Waals surface area contributed by atoms with Gasteiger partial charge in [0.25, 0.3) is 5.56 Å². The van der Waals surface area contributed by atoms with Crippen LogP contribution >= 0.6 is 11.6 Å². The molecule has 0 amide bonds. The number of carbonyl (C=O) groups is 1. The standard InChI is InChI=1S/C21H21ClN6O3/c1-31-21(30)13-2-7-20(29)28(12-13)16-5-6-18(24-9-16)26-14-3-4-15(8-14)27-19-11-23-17(22)10-25-19/h2,5-7,9-12,14-15H,3-4,8H2,1H3,(H,24,26)(H,25,27)/t14-,15-/m0/s1. The summed E-state index contributed by atoms with van der Waals surface area (Å²) in [7, 11) is 1.30. The predicted octanol–water partition coefficient (Wildman–Crippen LogP) is 2.91. The van der Waals surface area contributed by atoms with Crippen molar-refractivity contribution in [1.82, 2.24) is 19.5 Å². The maximum absolute atomic E-state index is 12.2. The molecule has 2 atom stereocenters. The molecule has 3 aromatic heterocycles. The largest absolute Gasteiger partial charge is 0.465 e. The van der Waals surface area contributed by atoms with Gasteiger partial charge in [-0.1, -0.05) is 11.6 Å². The van der Waals surface area contributed by atoms with Crippen molar-refractivity contribution in [3.8, 4) is 5.69 Å². The number of hydrogen-bond acceptors (Lipinski definition) is 8. The van der Waals surface area contributed by atoms with Crippen LogP contribution < -0.4 is 16.2 Å². The lowest BCUT2D eigenvalue weighted by molar-refractivity contribution is 0.0600. The van der Waals surface area contributed by atoms with Crippen molar-refractivity contribution < 1.29 is 9.53 Å². The minimum Gasteiger partial charge on any atom is -0.465 e. The molecule has 2 N–H and O–H groups in total.